The van der Waals surface area contributed by atoms with Crippen molar-refractivity contribution in [2.75, 3.05) is 11.9 Å². The molecule has 22 heavy (non-hydrogen) atoms. The van der Waals surface area contributed by atoms with Gasteiger partial charge in [-0.05, 0) is 17.7 Å². The number of hydrogen-bond acceptors (Lipinski definition) is 4. The fraction of sp³-hybridized carbons (Fsp3) is 0.133. The van der Waals surface area contributed by atoms with E-state index in [-0.39, 0.29) is 0 Å². The Bertz CT molecular complexity index is 773. The first-order valence-corrected chi connectivity index (χ1v) is 7.37. The number of hydrogen-bond donors (Lipinski definition) is 0. The summed E-state index contributed by atoms with van der Waals surface area (Å²) in [6.07, 6.45) is 6.88. The molecule has 3 rings (SSSR count). The van der Waals surface area contributed by atoms with Crippen LogP contribution < -0.4 is 4.90 Å². The average molecular weight is 334 g/mol. The van der Waals surface area contributed by atoms with Crippen LogP contribution in [0.1, 0.15) is 5.56 Å². The Labute approximate surface area is 138 Å². The first-order chi connectivity index (χ1) is 10.6. The molecule has 0 atom stereocenters. The Morgan fingerprint density at radius 2 is 2.05 bits per heavy atom. The maximum absolute atomic E-state index is 6.23. The molecule has 0 fully saturated rings. The van der Waals surface area contributed by atoms with Gasteiger partial charge >= 0.3 is 0 Å². The van der Waals surface area contributed by atoms with Crippen LogP contribution in [0.25, 0.3) is 5.82 Å². The Kier molecular flexibility index (Phi) is 4.27. The van der Waals surface area contributed by atoms with E-state index in [9.17, 15) is 0 Å². The SMILES string of the molecule is CN(Cc1cccc(Cl)c1Cl)c1cncc(-n2cccn2)n1. The molecule has 5 nitrogen and oxygen atoms in total. The summed E-state index contributed by atoms with van der Waals surface area (Å²) in [5.41, 5.74) is 0.933. The van der Waals surface area contributed by atoms with Gasteiger partial charge in [0, 0.05) is 26.0 Å². The van der Waals surface area contributed by atoms with Crippen molar-refractivity contribution in [3.8, 4) is 5.82 Å². The third-order valence-corrected chi connectivity index (χ3v) is 4.04. The van der Waals surface area contributed by atoms with Crippen LogP contribution in [0.2, 0.25) is 10.0 Å². The predicted octanol–water partition coefficient (Wildman–Crippen LogP) is 3.61. The van der Waals surface area contributed by atoms with E-state index in [1.807, 2.05) is 36.3 Å². The van der Waals surface area contributed by atoms with E-state index in [1.54, 1.807) is 29.3 Å². The number of halogens is 2. The quantitative estimate of drug-likeness (QED) is 0.731. The van der Waals surface area contributed by atoms with E-state index in [0.29, 0.717) is 22.4 Å². The van der Waals surface area contributed by atoms with E-state index < -0.39 is 0 Å². The molecule has 0 bridgehead atoms. The van der Waals surface area contributed by atoms with Gasteiger partial charge in [-0.1, -0.05) is 35.3 Å². The summed E-state index contributed by atoms with van der Waals surface area (Å²) in [5, 5.41) is 5.26. The Hall–Kier alpha value is -2.11. The van der Waals surface area contributed by atoms with Crippen LogP contribution in [0.15, 0.2) is 49.1 Å². The topological polar surface area (TPSA) is 46.8 Å². The van der Waals surface area contributed by atoms with Gasteiger partial charge in [0.15, 0.2) is 5.82 Å². The van der Waals surface area contributed by atoms with Crippen LogP contribution in [-0.2, 0) is 6.54 Å². The number of aromatic nitrogens is 4. The second-order valence-corrected chi connectivity index (χ2v) is 5.54. The number of rotatable bonds is 4. The molecule has 0 saturated carbocycles. The number of nitrogens with zero attached hydrogens (tertiary/aromatic N) is 5. The number of benzene rings is 1. The lowest BCUT2D eigenvalue weighted by molar-refractivity contribution is 0.818. The van der Waals surface area contributed by atoms with E-state index in [1.165, 1.54) is 0 Å². The lowest BCUT2D eigenvalue weighted by Gasteiger charge is -2.19. The fourth-order valence-electron chi connectivity index (χ4n) is 2.05. The largest absolute Gasteiger partial charge is 0.354 e. The van der Waals surface area contributed by atoms with Gasteiger partial charge in [0.25, 0.3) is 0 Å². The molecule has 3 aromatic rings. The van der Waals surface area contributed by atoms with Crippen LogP contribution in [-0.4, -0.2) is 26.8 Å². The second-order valence-electron chi connectivity index (χ2n) is 4.76. The molecular weight excluding hydrogens is 321 g/mol. The zero-order valence-electron chi connectivity index (χ0n) is 11.8. The normalized spacial score (nSPS) is 10.7. The van der Waals surface area contributed by atoms with Crippen molar-refractivity contribution in [2.24, 2.45) is 0 Å². The summed E-state index contributed by atoms with van der Waals surface area (Å²) in [7, 11) is 1.92. The molecule has 0 amide bonds. The van der Waals surface area contributed by atoms with Crippen molar-refractivity contribution in [1.29, 1.82) is 0 Å². The molecule has 0 saturated heterocycles. The third-order valence-electron chi connectivity index (χ3n) is 3.18. The minimum atomic E-state index is 0.545. The van der Waals surface area contributed by atoms with Gasteiger partial charge in [-0.25, -0.2) is 9.67 Å². The van der Waals surface area contributed by atoms with Crippen LogP contribution >= 0.6 is 23.2 Å². The van der Waals surface area contributed by atoms with Gasteiger partial charge in [0.2, 0.25) is 0 Å². The molecular formula is C15H13Cl2N5. The van der Waals surface area contributed by atoms with Crippen molar-refractivity contribution in [2.45, 2.75) is 6.54 Å². The third kappa shape index (κ3) is 3.05. The van der Waals surface area contributed by atoms with E-state index >= 15 is 0 Å². The zero-order valence-corrected chi connectivity index (χ0v) is 13.3. The van der Waals surface area contributed by atoms with Gasteiger partial charge < -0.3 is 4.90 Å². The summed E-state index contributed by atoms with van der Waals surface area (Å²) >= 11 is 12.3. The molecule has 0 aliphatic carbocycles. The molecule has 1 aromatic carbocycles. The summed E-state index contributed by atoms with van der Waals surface area (Å²) in [6, 6.07) is 7.42. The van der Waals surface area contributed by atoms with Crippen LogP contribution in [0.5, 0.6) is 0 Å². The number of anilines is 1. The van der Waals surface area contributed by atoms with Crippen molar-refractivity contribution in [1.82, 2.24) is 19.7 Å². The Morgan fingerprint density at radius 3 is 2.82 bits per heavy atom. The van der Waals surface area contributed by atoms with Crippen LogP contribution in [0.4, 0.5) is 5.82 Å². The van der Waals surface area contributed by atoms with Gasteiger partial charge in [0.1, 0.15) is 5.82 Å². The molecule has 2 aromatic heterocycles. The minimum absolute atomic E-state index is 0.545. The first kappa shape index (κ1) is 14.8. The van der Waals surface area contributed by atoms with Crippen molar-refractivity contribution in [3.63, 3.8) is 0 Å². The fourth-order valence-corrected chi connectivity index (χ4v) is 2.43. The maximum Gasteiger partial charge on any atom is 0.173 e. The lowest BCUT2D eigenvalue weighted by Crippen LogP contribution is -2.19. The molecule has 0 N–H and O–H groups in total. The monoisotopic (exact) mass is 333 g/mol. The molecule has 0 spiro atoms. The molecule has 112 valence electrons. The first-order valence-electron chi connectivity index (χ1n) is 6.61. The summed E-state index contributed by atoms with van der Waals surface area (Å²) < 4.78 is 1.66. The standard InChI is InChI=1S/C15H13Cl2N5/c1-21(10-11-4-2-5-12(16)15(11)17)13-8-18-9-14(20-13)22-7-3-6-19-22/h2-9H,10H2,1H3. The van der Waals surface area contributed by atoms with E-state index in [2.05, 4.69) is 15.1 Å². The highest BCUT2D eigenvalue weighted by molar-refractivity contribution is 6.42. The highest BCUT2D eigenvalue weighted by Gasteiger charge is 2.10. The summed E-state index contributed by atoms with van der Waals surface area (Å²) in [5.74, 6) is 1.38. The van der Waals surface area contributed by atoms with Crippen molar-refractivity contribution >= 4 is 29.0 Å². The van der Waals surface area contributed by atoms with E-state index in [0.717, 1.165) is 11.4 Å². The smallest absolute Gasteiger partial charge is 0.173 e. The summed E-state index contributed by atoms with van der Waals surface area (Å²) in [6.45, 7) is 0.580. The van der Waals surface area contributed by atoms with E-state index in [4.69, 9.17) is 23.2 Å². The van der Waals surface area contributed by atoms with Crippen molar-refractivity contribution in [3.05, 3.63) is 64.7 Å². The van der Waals surface area contributed by atoms with Gasteiger partial charge in [0.05, 0.1) is 22.4 Å². The Balaban J connectivity index is 1.85. The molecule has 2 heterocycles. The van der Waals surface area contributed by atoms with Gasteiger partial charge in [-0.2, -0.15) is 5.10 Å². The molecule has 0 aliphatic rings. The second kappa shape index (κ2) is 6.34. The Morgan fingerprint density at radius 1 is 1.18 bits per heavy atom. The minimum Gasteiger partial charge on any atom is -0.354 e. The average Bonchev–Trinajstić information content (AvgIpc) is 3.06. The summed E-state index contributed by atoms with van der Waals surface area (Å²) in [4.78, 5) is 10.7. The van der Waals surface area contributed by atoms with Crippen LogP contribution in [0.3, 0.4) is 0 Å². The highest BCUT2D eigenvalue weighted by atomic mass is 35.5. The predicted molar refractivity (Wildman–Crippen MR) is 87.7 cm³/mol. The highest BCUT2D eigenvalue weighted by Crippen LogP contribution is 2.27. The maximum atomic E-state index is 6.23. The molecule has 0 unspecified atom stereocenters. The molecule has 7 heteroatoms. The molecule has 0 radical (unpaired) electrons. The molecule has 0 aliphatic heterocycles. The van der Waals surface area contributed by atoms with Crippen LogP contribution in [0, 0.1) is 0 Å². The van der Waals surface area contributed by atoms with Gasteiger partial charge in [-0.3, -0.25) is 4.98 Å². The zero-order chi connectivity index (χ0) is 15.5. The van der Waals surface area contributed by atoms with Crippen molar-refractivity contribution < 1.29 is 0 Å². The van der Waals surface area contributed by atoms with Gasteiger partial charge in [-0.15, -0.1) is 0 Å². The lowest BCUT2D eigenvalue weighted by atomic mass is 10.2.